The first-order chi connectivity index (χ1) is 8.29. The molecule has 0 aliphatic rings. The van der Waals surface area contributed by atoms with Gasteiger partial charge in [-0.25, -0.2) is 9.97 Å². The number of aryl methyl sites for hydroxylation is 1. The molecule has 5 heteroatoms. The molecule has 0 N–H and O–H groups in total. The van der Waals surface area contributed by atoms with Crippen LogP contribution in [0.4, 0.5) is 0 Å². The van der Waals surface area contributed by atoms with Crippen LogP contribution in [0.25, 0.3) is 22.4 Å². The summed E-state index contributed by atoms with van der Waals surface area (Å²) in [5.41, 5.74) is 3.52. The molecule has 0 fully saturated rings. The Balaban J connectivity index is 2.22. The van der Waals surface area contributed by atoms with E-state index >= 15 is 0 Å². The van der Waals surface area contributed by atoms with Gasteiger partial charge in [-0.15, -0.1) is 0 Å². The third-order valence-electron chi connectivity index (χ3n) is 2.70. The summed E-state index contributed by atoms with van der Waals surface area (Å²) in [6, 6.07) is 5.55. The Morgan fingerprint density at radius 3 is 3.06 bits per heavy atom. The van der Waals surface area contributed by atoms with Crippen molar-refractivity contribution in [1.29, 1.82) is 0 Å². The fourth-order valence-electron chi connectivity index (χ4n) is 1.80. The molecular weight excluding hydrogens is 218 g/mol. The normalized spacial score (nSPS) is 10.9. The topological polar surface area (TPSA) is 60.9 Å². The first-order valence-corrected chi connectivity index (χ1v) is 5.09. The van der Waals surface area contributed by atoms with E-state index in [-0.39, 0.29) is 0 Å². The molecule has 3 aromatic rings. The summed E-state index contributed by atoms with van der Waals surface area (Å²) in [5.74, 6) is 0. The van der Waals surface area contributed by atoms with Crippen LogP contribution >= 0.6 is 0 Å². The van der Waals surface area contributed by atoms with Crippen molar-refractivity contribution >= 4 is 17.4 Å². The Morgan fingerprint density at radius 1 is 1.35 bits per heavy atom. The van der Waals surface area contributed by atoms with Crippen LogP contribution in [0.1, 0.15) is 10.5 Å². The quantitative estimate of drug-likeness (QED) is 0.628. The molecule has 5 nitrogen and oxygen atoms in total. The minimum absolute atomic E-state index is 0.545. The Bertz CT molecular complexity index is 697. The van der Waals surface area contributed by atoms with Gasteiger partial charge in [-0.3, -0.25) is 4.79 Å². The summed E-state index contributed by atoms with van der Waals surface area (Å²) in [6.45, 7) is 0. The van der Waals surface area contributed by atoms with Gasteiger partial charge < -0.3 is 8.98 Å². The lowest BCUT2D eigenvalue weighted by Gasteiger charge is -1.99. The Morgan fingerprint density at radius 2 is 2.24 bits per heavy atom. The number of oxazole rings is 1. The minimum atomic E-state index is 0.545. The Hall–Kier alpha value is -2.43. The maximum Gasteiger partial charge on any atom is 0.181 e. The van der Waals surface area contributed by atoms with Gasteiger partial charge in [0.15, 0.2) is 18.3 Å². The van der Waals surface area contributed by atoms with E-state index in [0.29, 0.717) is 17.0 Å². The Kier molecular flexibility index (Phi) is 2.04. The first kappa shape index (κ1) is 9.77. The molecule has 2 heterocycles. The molecule has 0 atom stereocenters. The van der Waals surface area contributed by atoms with E-state index in [4.69, 9.17) is 4.42 Å². The van der Waals surface area contributed by atoms with Crippen molar-refractivity contribution in [3.05, 3.63) is 36.6 Å². The van der Waals surface area contributed by atoms with Gasteiger partial charge in [0.1, 0.15) is 11.2 Å². The second-order valence-corrected chi connectivity index (χ2v) is 3.74. The largest absolute Gasteiger partial charge is 0.443 e. The minimum Gasteiger partial charge on any atom is -0.443 e. The fourth-order valence-corrected chi connectivity index (χ4v) is 1.80. The van der Waals surface area contributed by atoms with Gasteiger partial charge in [0.2, 0.25) is 0 Å². The van der Waals surface area contributed by atoms with Gasteiger partial charge in [-0.2, -0.15) is 0 Å². The average molecular weight is 227 g/mol. The van der Waals surface area contributed by atoms with Gasteiger partial charge in [-0.05, 0) is 12.1 Å². The molecule has 0 amide bonds. The van der Waals surface area contributed by atoms with Crippen molar-refractivity contribution in [2.75, 3.05) is 0 Å². The zero-order valence-electron chi connectivity index (χ0n) is 9.12. The van der Waals surface area contributed by atoms with Crippen LogP contribution in [0.5, 0.6) is 0 Å². The lowest BCUT2D eigenvalue weighted by Crippen LogP contribution is -1.94. The molecule has 0 aliphatic carbocycles. The maximum atomic E-state index is 11.0. The average Bonchev–Trinajstić information content (AvgIpc) is 2.93. The molecule has 0 radical (unpaired) electrons. The predicted octanol–water partition coefficient (Wildman–Crippen LogP) is 2.04. The third kappa shape index (κ3) is 1.44. The predicted molar refractivity (Wildman–Crippen MR) is 61.6 cm³/mol. The molecular formula is C12H9N3O2. The van der Waals surface area contributed by atoms with Gasteiger partial charge in [0, 0.05) is 12.6 Å². The summed E-state index contributed by atoms with van der Waals surface area (Å²) in [6.07, 6.45) is 3.81. The van der Waals surface area contributed by atoms with Crippen LogP contribution in [0.3, 0.4) is 0 Å². The lowest BCUT2D eigenvalue weighted by molar-refractivity contribution is 0.111. The number of aldehydes is 1. The molecule has 2 aromatic heterocycles. The van der Waals surface area contributed by atoms with Crippen molar-refractivity contribution < 1.29 is 9.21 Å². The van der Waals surface area contributed by atoms with Crippen molar-refractivity contribution in [1.82, 2.24) is 14.5 Å². The molecule has 3 rings (SSSR count). The van der Waals surface area contributed by atoms with Crippen LogP contribution in [-0.4, -0.2) is 20.8 Å². The van der Waals surface area contributed by atoms with E-state index < -0.39 is 0 Å². The van der Waals surface area contributed by atoms with Crippen LogP contribution < -0.4 is 0 Å². The third-order valence-corrected chi connectivity index (χ3v) is 2.70. The van der Waals surface area contributed by atoms with E-state index in [1.807, 2.05) is 18.2 Å². The number of carbonyl (C=O) groups excluding carboxylic acids is 1. The number of hydrogen-bond acceptors (Lipinski definition) is 4. The number of hydrogen-bond donors (Lipinski definition) is 0. The number of imidazole rings is 1. The van der Waals surface area contributed by atoms with Crippen molar-refractivity contribution in [2.24, 2.45) is 7.05 Å². The van der Waals surface area contributed by atoms with Gasteiger partial charge in [0.25, 0.3) is 0 Å². The van der Waals surface area contributed by atoms with E-state index in [2.05, 4.69) is 9.97 Å². The number of carbonyl (C=O) groups is 1. The fraction of sp³-hybridized carbons (Fsp3) is 0.0833. The first-order valence-electron chi connectivity index (χ1n) is 5.09. The molecule has 0 bridgehead atoms. The van der Waals surface area contributed by atoms with Crippen molar-refractivity contribution in [3.63, 3.8) is 0 Å². The van der Waals surface area contributed by atoms with Crippen LogP contribution in [0, 0.1) is 0 Å². The molecule has 1 aromatic carbocycles. The van der Waals surface area contributed by atoms with Gasteiger partial charge in [0.05, 0.1) is 12.0 Å². The summed E-state index contributed by atoms with van der Waals surface area (Å²) in [5, 5.41) is 0. The monoisotopic (exact) mass is 227 g/mol. The van der Waals surface area contributed by atoms with Crippen LogP contribution in [0.15, 0.2) is 35.3 Å². The molecule has 17 heavy (non-hydrogen) atoms. The summed E-state index contributed by atoms with van der Waals surface area (Å²) in [4.78, 5) is 19.3. The number of rotatable bonds is 2. The molecule has 84 valence electrons. The highest BCUT2D eigenvalue weighted by Gasteiger charge is 2.11. The molecule has 0 aliphatic heterocycles. The molecule has 0 saturated carbocycles. The van der Waals surface area contributed by atoms with Crippen molar-refractivity contribution in [2.45, 2.75) is 0 Å². The molecule has 0 saturated heterocycles. The van der Waals surface area contributed by atoms with E-state index in [9.17, 15) is 4.79 Å². The van der Waals surface area contributed by atoms with E-state index in [1.54, 1.807) is 17.9 Å². The van der Waals surface area contributed by atoms with Crippen LogP contribution in [-0.2, 0) is 7.05 Å². The number of benzene rings is 1. The highest BCUT2D eigenvalue weighted by atomic mass is 16.3. The SMILES string of the molecule is Cn1cnc(-c2ccc3ncoc3c2)c1C=O. The maximum absolute atomic E-state index is 11.0. The summed E-state index contributed by atoms with van der Waals surface area (Å²) < 4.78 is 6.91. The van der Waals surface area contributed by atoms with E-state index in [1.165, 1.54) is 6.39 Å². The second-order valence-electron chi connectivity index (χ2n) is 3.74. The lowest BCUT2D eigenvalue weighted by atomic mass is 10.1. The Labute approximate surface area is 96.7 Å². The number of nitrogens with zero attached hydrogens (tertiary/aromatic N) is 3. The standard InChI is InChI=1S/C12H9N3O2/c1-15-6-13-12(10(15)5-16)8-2-3-9-11(4-8)17-7-14-9/h2-7H,1H3. The highest BCUT2D eigenvalue weighted by molar-refractivity contribution is 5.87. The zero-order chi connectivity index (χ0) is 11.8. The van der Waals surface area contributed by atoms with Gasteiger partial charge >= 0.3 is 0 Å². The molecule has 0 spiro atoms. The summed E-state index contributed by atoms with van der Waals surface area (Å²) >= 11 is 0. The molecule has 0 unspecified atom stereocenters. The highest BCUT2D eigenvalue weighted by Crippen LogP contribution is 2.24. The number of fused-ring (bicyclic) bond motifs is 1. The smallest absolute Gasteiger partial charge is 0.181 e. The van der Waals surface area contributed by atoms with Gasteiger partial charge in [-0.1, -0.05) is 6.07 Å². The zero-order valence-corrected chi connectivity index (χ0v) is 9.12. The second kappa shape index (κ2) is 3.55. The summed E-state index contributed by atoms with van der Waals surface area (Å²) in [7, 11) is 1.78. The number of aromatic nitrogens is 3. The van der Waals surface area contributed by atoms with Crippen LogP contribution in [0.2, 0.25) is 0 Å². The van der Waals surface area contributed by atoms with E-state index in [0.717, 1.165) is 17.4 Å². The van der Waals surface area contributed by atoms with Crippen molar-refractivity contribution in [3.8, 4) is 11.3 Å².